The van der Waals surface area contributed by atoms with E-state index in [9.17, 15) is 13.2 Å². The predicted octanol–water partition coefficient (Wildman–Crippen LogP) is 2.81. The maximum atomic E-state index is 12.5. The summed E-state index contributed by atoms with van der Waals surface area (Å²) in [6.07, 6.45) is 2.20. The van der Waals surface area contributed by atoms with Gasteiger partial charge < -0.3 is 5.32 Å². The highest BCUT2D eigenvalue weighted by atomic mass is 32.2. The Hall–Kier alpha value is -1.77. The smallest absolute Gasteiger partial charge is 0.213 e. The third-order valence-corrected chi connectivity index (χ3v) is 6.47. The van der Waals surface area contributed by atoms with Gasteiger partial charge >= 0.3 is 0 Å². The average Bonchev–Trinajstić information content (AvgIpc) is 3.03. The highest BCUT2D eigenvalue weighted by molar-refractivity contribution is 7.90. The van der Waals surface area contributed by atoms with Crippen LogP contribution in [0.1, 0.15) is 41.1 Å². The van der Waals surface area contributed by atoms with Crippen LogP contribution in [0.5, 0.6) is 0 Å². The molecule has 0 spiro atoms. The van der Waals surface area contributed by atoms with E-state index in [1.54, 1.807) is 20.0 Å². The number of sulfonamides is 1. The number of carbonyl (C=O) groups excluding carboxylic acids is 1. The molecule has 0 radical (unpaired) electrons. The van der Waals surface area contributed by atoms with Gasteiger partial charge in [-0.25, -0.2) is 18.1 Å². The fourth-order valence-corrected chi connectivity index (χ4v) is 3.64. The Kier molecular flexibility index (Phi) is 6.69. The van der Waals surface area contributed by atoms with Gasteiger partial charge in [0.15, 0.2) is 5.13 Å². The molecular formula is C17H23N3O3S2. The van der Waals surface area contributed by atoms with Crippen molar-refractivity contribution < 1.29 is 13.2 Å². The van der Waals surface area contributed by atoms with Crippen molar-refractivity contribution in [3.8, 4) is 0 Å². The van der Waals surface area contributed by atoms with Gasteiger partial charge in [0.05, 0.1) is 16.3 Å². The van der Waals surface area contributed by atoms with Crippen LogP contribution in [0.25, 0.3) is 0 Å². The molecule has 1 heterocycles. The van der Waals surface area contributed by atoms with Gasteiger partial charge in [-0.3, -0.25) is 4.79 Å². The van der Waals surface area contributed by atoms with Crippen LogP contribution in [-0.4, -0.2) is 37.5 Å². The number of anilines is 1. The highest BCUT2D eigenvalue weighted by Gasteiger charge is 2.15. The van der Waals surface area contributed by atoms with Crippen molar-refractivity contribution in [2.45, 2.75) is 32.4 Å². The van der Waals surface area contributed by atoms with Crippen LogP contribution in [0.2, 0.25) is 0 Å². The Balaban J connectivity index is 1.84. The quantitative estimate of drug-likeness (QED) is 0.515. The van der Waals surface area contributed by atoms with Gasteiger partial charge in [0.2, 0.25) is 15.8 Å². The largest absolute Gasteiger partial charge is 0.361 e. The van der Waals surface area contributed by atoms with Crippen molar-refractivity contribution in [2.24, 2.45) is 0 Å². The molecule has 1 aromatic carbocycles. The second-order valence-electron chi connectivity index (χ2n) is 5.94. The lowest BCUT2D eigenvalue weighted by Gasteiger charge is -2.09. The molecule has 6 nitrogen and oxygen atoms in total. The minimum atomic E-state index is -3.22. The van der Waals surface area contributed by atoms with E-state index >= 15 is 0 Å². The first-order chi connectivity index (χ1) is 11.8. The number of hydrogen-bond acceptors (Lipinski definition) is 6. The van der Waals surface area contributed by atoms with E-state index in [1.807, 2.05) is 31.2 Å². The Morgan fingerprint density at radius 2 is 1.96 bits per heavy atom. The van der Waals surface area contributed by atoms with E-state index in [4.69, 9.17) is 0 Å². The van der Waals surface area contributed by atoms with Gasteiger partial charge in [-0.1, -0.05) is 35.6 Å². The molecule has 2 aromatic rings. The lowest BCUT2D eigenvalue weighted by molar-refractivity contribution is 0.104. The number of aryl methyl sites for hydroxylation is 1. The van der Waals surface area contributed by atoms with Crippen LogP contribution < -0.4 is 10.0 Å². The number of nitrogens with one attached hydrogen (secondary N) is 2. The normalized spacial score (nSPS) is 11.7. The molecule has 2 rings (SSSR count). The Morgan fingerprint density at radius 1 is 1.24 bits per heavy atom. The summed E-state index contributed by atoms with van der Waals surface area (Å²) in [4.78, 5) is 17.3. The van der Waals surface area contributed by atoms with E-state index in [1.165, 1.54) is 11.3 Å². The summed E-state index contributed by atoms with van der Waals surface area (Å²) in [6.45, 7) is 6.14. The number of ketones is 1. The predicted molar refractivity (Wildman–Crippen MR) is 102 cm³/mol. The van der Waals surface area contributed by atoms with E-state index in [-0.39, 0.29) is 5.78 Å². The number of carbonyl (C=O) groups is 1. The summed E-state index contributed by atoms with van der Waals surface area (Å²) in [5, 5.41) is 3.34. The average molecular weight is 382 g/mol. The molecule has 0 unspecified atom stereocenters. The molecule has 0 atom stereocenters. The molecule has 0 bridgehead atoms. The monoisotopic (exact) mass is 381 g/mol. The van der Waals surface area contributed by atoms with Crippen LogP contribution in [0.3, 0.4) is 0 Å². The van der Waals surface area contributed by atoms with Gasteiger partial charge in [-0.2, -0.15) is 0 Å². The summed E-state index contributed by atoms with van der Waals surface area (Å²) in [6, 6.07) is 7.47. The second-order valence-corrected chi connectivity index (χ2v) is 9.29. The fourth-order valence-electron chi connectivity index (χ4n) is 2.09. The summed E-state index contributed by atoms with van der Waals surface area (Å²) in [5.41, 5.74) is 1.62. The third-order valence-electron chi connectivity index (χ3n) is 3.67. The molecule has 0 aliphatic heterocycles. The molecule has 0 saturated carbocycles. The summed E-state index contributed by atoms with van der Waals surface area (Å²) in [7, 11) is -3.22. The van der Waals surface area contributed by atoms with Gasteiger partial charge in [0.25, 0.3) is 0 Å². The van der Waals surface area contributed by atoms with Crippen molar-refractivity contribution >= 4 is 32.3 Å². The zero-order chi connectivity index (χ0) is 18.4. The maximum absolute atomic E-state index is 12.5. The van der Waals surface area contributed by atoms with Crippen LogP contribution >= 0.6 is 11.3 Å². The summed E-state index contributed by atoms with van der Waals surface area (Å²) < 4.78 is 25.8. The highest BCUT2D eigenvalue weighted by Crippen LogP contribution is 2.22. The zero-order valence-electron chi connectivity index (χ0n) is 14.6. The van der Waals surface area contributed by atoms with Gasteiger partial charge in [0.1, 0.15) is 0 Å². The number of hydrogen-bond donors (Lipinski definition) is 2. The maximum Gasteiger partial charge on any atom is 0.213 e. The Labute approximate surface area is 152 Å². The molecule has 25 heavy (non-hydrogen) atoms. The van der Waals surface area contributed by atoms with Crippen LogP contribution in [0, 0.1) is 6.92 Å². The molecule has 0 aliphatic rings. The van der Waals surface area contributed by atoms with Gasteiger partial charge in [-0.05, 0) is 32.8 Å². The standard InChI is InChI=1S/C17H23N3O3S2/c1-12(2)25(22,23)20-10-6-9-18-17-19-11-15(24-17)16(21)14-8-5-4-7-13(14)3/h4-5,7-8,11-12,20H,6,9-10H2,1-3H3,(H,18,19). The molecule has 2 N–H and O–H groups in total. The molecule has 1 aromatic heterocycles. The minimum absolute atomic E-state index is 0.0339. The number of benzene rings is 1. The first kappa shape index (κ1) is 19.6. The number of rotatable bonds is 9. The Morgan fingerprint density at radius 3 is 2.64 bits per heavy atom. The Bertz CT molecular complexity index is 829. The number of aromatic nitrogens is 1. The molecule has 136 valence electrons. The van der Waals surface area contributed by atoms with Crippen molar-refractivity contribution in [2.75, 3.05) is 18.4 Å². The molecule has 0 amide bonds. The first-order valence-corrected chi connectivity index (χ1v) is 10.5. The van der Waals surface area contributed by atoms with Crippen molar-refractivity contribution in [1.29, 1.82) is 0 Å². The topological polar surface area (TPSA) is 88.2 Å². The van der Waals surface area contributed by atoms with E-state index < -0.39 is 15.3 Å². The third kappa shape index (κ3) is 5.35. The zero-order valence-corrected chi connectivity index (χ0v) is 16.2. The van der Waals surface area contributed by atoms with Gasteiger partial charge in [-0.15, -0.1) is 0 Å². The molecule has 0 aliphatic carbocycles. The van der Waals surface area contributed by atoms with Crippen molar-refractivity contribution in [3.63, 3.8) is 0 Å². The lowest BCUT2D eigenvalue weighted by Crippen LogP contribution is -2.32. The van der Waals surface area contributed by atoms with E-state index in [2.05, 4.69) is 15.0 Å². The lowest BCUT2D eigenvalue weighted by atomic mass is 10.0. The first-order valence-electron chi connectivity index (χ1n) is 8.10. The van der Waals surface area contributed by atoms with Gasteiger partial charge in [0, 0.05) is 18.7 Å². The van der Waals surface area contributed by atoms with Crippen molar-refractivity contribution in [1.82, 2.24) is 9.71 Å². The summed E-state index contributed by atoms with van der Waals surface area (Å²) in [5.74, 6) is -0.0339. The molecule has 0 saturated heterocycles. The van der Waals surface area contributed by atoms with E-state index in [0.29, 0.717) is 35.1 Å². The van der Waals surface area contributed by atoms with E-state index in [0.717, 1.165) is 5.56 Å². The molecule has 0 fully saturated rings. The summed E-state index contributed by atoms with van der Waals surface area (Å²) >= 11 is 1.30. The van der Waals surface area contributed by atoms with Crippen LogP contribution in [-0.2, 0) is 10.0 Å². The van der Waals surface area contributed by atoms with Crippen molar-refractivity contribution in [3.05, 3.63) is 46.5 Å². The minimum Gasteiger partial charge on any atom is -0.361 e. The molecule has 8 heteroatoms. The second kappa shape index (κ2) is 8.55. The fraction of sp³-hybridized carbons (Fsp3) is 0.412. The van der Waals surface area contributed by atoms with Crippen LogP contribution in [0.15, 0.2) is 30.5 Å². The SMILES string of the molecule is Cc1ccccc1C(=O)c1cnc(NCCCNS(=O)(=O)C(C)C)s1. The van der Waals surface area contributed by atoms with Crippen LogP contribution in [0.4, 0.5) is 5.13 Å². The number of thiazole rings is 1. The number of nitrogens with zero attached hydrogens (tertiary/aromatic N) is 1. The molecular weight excluding hydrogens is 358 g/mol.